The van der Waals surface area contributed by atoms with E-state index in [9.17, 15) is 9.59 Å². The largest absolute Gasteiger partial charge is 0.329 e. The van der Waals surface area contributed by atoms with Gasteiger partial charge in [-0.3, -0.25) is 14.3 Å². The van der Waals surface area contributed by atoms with Crippen LogP contribution in [0.25, 0.3) is 0 Å². The van der Waals surface area contributed by atoms with Gasteiger partial charge >= 0.3 is 0 Å². The van der Waals surface area contributed by atoms with Crippen LogP contribution in [0.3, 0.4) is 0 Å². The Bertz CT molecular complexity index is 1070. The summed E-state index contributed by atoms with van der Waals surface area (Å²) in [5.74, 6) is 0.428. The molecule has 33 heavy (non-hydrogen) atoms. The highest BCUT2D eigenvalue weighted by Crippen LogP contribution is 2.32. The van der Waals surface area contributed by atoms with Gasteiger partial charge in [-0.15, -0.1) is 0 Å². The molecule has 0 spiro atoms. The highest BCUT2D eigenvalue weighted by Gasteiger charge is 2.38. The molecule has 2 N–H and O–H groups in total. The molecule has 0 radical (unpaired) electrons. The Kier molecular flexibility index (Phi) is 6.06. The lowest BCUT2D eigenvalue weighted by Crippen LogP contribution is -2.49. The third-order valence-electron chi connectivity index (χ3n) is 7.42. The molecule has 1 aromatic heterocycles. The van der Waals surface area contributed by atoms with Crippen molar-refractivity contribution < 1.29 is 9.59 Å². The molecule has 1 saturated heterocycles. The van der Waals surface area contributed by atoms with Gasteiger partial charge in [-0.25, -0.2) is 0 Å². The van der Waals surface area contributed by atoms with Gasteiger partial charge in [-0.1, -0.05) is 31.6 Å². The second kappa shape index (κ2) is 9.14. The van der Waals surface area contributed by atoms with E-state index in [0.717, 1.165) is 41.9 Å². The number of piperidine rings is 1. The number of hydrogen-bond donors (Lipinski definition) is 2. The summed E-state index contributed by atoms with van der Waals surface area (Å²) in [5, 5.41) is 11.0. The summed E-state index contributed by atoms with van der Waals surface area (Å²) < 4.78 is 1.84. The molecular weight excluding hydrogens is 414 g/mol. The number of nitrogens with zero attached hydrogens (tertiary/aromatic N) is 3. The molecule has 2 aromatic rings. The van der Waals surface area contributed by atoms with Gasteiger partial charge in [0, 0.05) is 43.6 Å². The van der Waals surface area contributed by atoms with Gasteiger partial charge in [0.05, 0.1) is 5.69 Å². The van der Waals surface area contributed by atoms with Gasteiger partial charge < -0.3 is 15.5 Å². The second-order valence-corrected chi connectivity index (χ2v) is 9.79. The number of hydrogen-bond acceptors (Lipinski definition) is 4. The van der Waals surface area contributed by atoms with E-state index in [4.69, 9.17) is 0 Å². The van der Waals surface area contributed by atoms with E-state index in [1.54, 1.807) is 4.90 Å². The summed E-state index contributed by atoms with van der Waals surface area (Å²) in [5.41, 5.74) is 4.88. The number of aromatic nitrogens is 2. The Balaban J connectivity index is 1.25. The van der Waals surface area contributed by atoms with Crippen molar-refractivity contribution in [2.75, 3.05) is 0 Å². The number of rotatable bonds is 6. The van der Waals surface area contributed by atoms with Gasteiger partial charge in [0.15, 0.2) is 0 Å². The Morgan fingerprint density at radius 1 is 1.18 bits per heavy atom. The maximum atomic E-state index is 13.0. The monoisotopic (exact) mass is 447 g/mol. The highest BCUT2D eigenvalue weighted by molar-refractivity contribution is 6.01. The van der Waals surface area contributed by atoms with Crippen molar-refractivity contribution in [1.82, 2.24) is 25.3 Å². The topological polar surface area (TPSA) is 79.3 Å². The maximum absolute atomic E-state index is 13.0. The van der Waals surface area contributed by atoms with Crippen LogP contribution in [0, 0.1) is 5.92 Å². The van der Waals surface area contributed by atoms with E-state index in [0.29, 0.717) is 24.9 Å². The summed E-state index contributed by atoms with van der Waals surface area (Å²) in [6.07, 6.45) is 9.29. The zero-order chi connectivity index (χ0) is 22.9. The van der Waals surface area contributed by atoms with Crippen molar-refractivity contribution in [2.24, 2.45) is 13.0 Å². The lowest BCUT2D eigenvalue weighted by Gasteiger charge is -2.32. The Morgan fingerprint density at radius 2 is 2.03 bits per heavy atom. The molecule has 7 nitrogen and oxygen atoms in total. The van der Waals surface area contributed by atoms with E-state index >= 15 is 0 Å². The summed E-state index contributed by atoms with van der Waals surface area (Å²) in [6.45, 7) is 5.15. The number of nitrogens with one attached hydrogen (secondary N) is 2. The smallest absolute Gasteiger partial charge is 0.255 e. The van der Waals surface area contributed by atoms with Crippen LogP contribution in [0.15, 0.2) is 42.7 Å². The van der Waals surface area contributed by atoms with Crippen molar-refractivity contribution in [3.8, 4) is 0 Å². The third kappa shape index (κ3) is 4.60. The first-order valence-corrected chi connectivity index (χ1v) is 12.1. The molecule has 3 heterocycles. The molecule has 7 heteroatoms. The molecular formula is C26H33N5O2. The van der Waals surface area contributed by atoms with Crippen LogP contribution in [0.1, 0.15) is 65.7 Å². The second-order valence-electron chi connectivity index (χ2n) is 9.79. The minimum Gasteiger partial charge on any atom is -0.329 e. The van der Waals surface area contributed by atoms with Crippen LogP contribution in [-0.2, 0) is 31.4 Å². The number of benzene rings is 1. The molecule has 2 fully saturated rings. The number of aryl methyl sites for hydroxylation is 1. The fourth-order valence-electron chi connectivity index (χ4n) is 5.65. The first kappa shape index (κ1) is 21.9. The molecule has 3 atom stereocenters. The fraction of sp³-hybridized carbons (Fsp3) is 0.500. The van der Waals surface area contributed by atoms with E-state index < -0.39 is 6.04 Å². The minimum absolute atomic E-state index is 0.0308. The maximum Gasteiger partial charge on any atom is 0.255 e. The third-order valence-corrected chi connectivity index (χ3v) is 7.42. The lowest BCUT2D eigenvalue weighted by molar-refractivity contribution is -0.126. The van der Waals surface area contributed by atoms with Crippen molar-refractivity contribution >= 4 is 11.8 Å². The van der Waals surface area contributed by atoms with E-state index in [2.05, 4.69) is 40.5 Å². The molecule has 174 valence electrons. The highest BCUT2D eigenvalue weighted by atomic mass is 16.2. The summed E-state index contributed by atoms with van der Waals surface area (Å²) in [6, 6.07) is 8.40. The molecule has 1 saturated carbocycles. The average molecular weight is 448 g/mol. The first-order valence-electron chi connectivity index (χ1n) is 12.1. The molecule has 2 aliphatic heterocycles. The lowest BCUT2D eigenvalue weighted by atomic mass is 9.80. The Labute approximate surface area is 195 Å². The van der Waals surface area contributed by atoms with Gasteiger partial charge in [-0.2, -0.15) is 5.10 Å². The van der Waals surface area contributed by atoms with Gasteiger partial charge in [0.25, 0.3) is 5.91 Å². The number of amides is 2. The van der Waals surface area contributed by atoms with Crippen LogP contribution in [0.2, 0.25) is 0 Å². The van der Waals surface area contributed by atoms with Crippen LogP contribution in [0.4, 0.5) is 0 Å². The van der Waals surface area contributed by atoms with E-state index in [1.807, 2.05) is 24.0 Å². The van der Waals surface area contributed by atoms with Crippen molar-refractivity contribution in [3.05, 3.63) is 65.1 Å². The summed E-state index contributed by atoms with van der Waals surface area (Å²) >= 11 is 0. The molecule has 0 bridgehead atoms. The van der Waals surface area contributed by atoms with Crippen LogP contribution < -0.4 is 10.6 Å². The van der Waals surface area contributed by atoms with Crippen LogP contribution >= 0.6 is 0 Å². The zero-order valence-electron chi connectivity index (χ0n) is 19.3. The zero-order valence-corrected chi connectivity index (χ0v) is 19.3. The van der Waals surface area contributed by atoms with Gasteiger partial charge in [-0.05, 0) is 61.3 Å². The summed E-state index contributed by atoms with van der Waals surface area (Å²) in [4.78, 5) is 27.2. The quantitative estimate of drug-likeness (QED) is 0.713. The number of fused-ring (bicyclic) bond motifs is 1. The van der Waals surface area contributed by atoms with Gasteiger partial charge in [0.2, 0.25) is 5.91 Å². The van der Waals surface area contributed by atoms with Crippen molar-refractivity contribution in [2.45, 2.75) is 70.1 Å². The fourth-order valence-corrected chi connectivity index (χ4v) is 5.65. The normalized spacial score (nSPS) is 25.3. The molecule has 1 aromatic carbocycles. The molecule has 5 rings (SSSR count). The van der Waals surface area contributed by atoms with Crippen molar-refractivity contribution in [3.63, 3.8) is 0 Å². The SMILES string of the molecule is C=C1CCC(N2Cc3cc(C[C@H]4CCCC[C@@H]4NCc4ccn(C)n4)ccc3C2=O)C(=O)N1. The Hall–Kier alpha value is -2.93. The molecule has 3 aliphatic rings. The first-order chi connectivity index (χ1) is 16.0. The minimum atomic E-state index is -0.405. The average Bonchev–Trinajstić information content (AvgIpc) is 3.36. The number of carbonyl (C=O) groups excluding carboxylic acids is 2. The molecule has 1 unspecified atom stereocenters. The predicted molar refractivity (Wildman–Crippen MR) is 126 cm³/mol. The van der Waals surface area contributed by atoms with Crippen molar-refractivity contribution in [1.29, 1.82) is 0 Å². The van der Waals surface area contributed by atoms with Gasteiger partial charge in [0.1, 0.15) is 6.04 Å². The van der Waals surface area contributed by atoms with Crippen LogP contribution in [0.5, 0.6) is 0 Å². The van der Waals surface area contributed by atoms with E-state index in [1.165, 1.54) is 31.2 Å². The predicted octanol–water partition coefficient (Wildman–Crippen LogP) is 3.06. The Morgan fingerprint density at radius 3 is 2.82 bits per heavy atom. The number of allylic oxidation sites excluding steroid dienone is 1. The summed E-state index contributed by atoms with van der Waals surface area (Å²) in [7, 11) is 1.95. The standard InChI is InChI=1S/C26H33N5O2/c1-17-7-10-24(25(32)28-17)31-16-20-14-18(8-9-22(20)26(31)33)13-19-5-3-4-6-23(19)27-15-21-11-12-30(2)29-21/h8-9,11-12,14,19,23-24,27H,1,3-7,10,13,15-16H2,2H3,(H,28,32)/t19-,23+,24?/m1/s1. The molecule has 1 aliphatic carbocycles. The van der Waals surface area contributed by atoms with E-state index in [-0.39, 0.29) is 11.8 Å². The number of carbonyl (C=O) groups is 2. The molecule has 2 amide bonds. The van der Waals surface area contributed by atoms with Crippen LogP contribution in [-0.4, -0.2) is 38.6 Å².